The van der Waals surface area contributed by atoms with Gasteiger partial charge in [-0.3, -0.25) is 0 Å². The highest BCUT2D eigenvalue weighted by Gasteiger charge is 2.41. The third kappa shape index (κ3) is 8.00. The number of hydrogen-bond acceptors (Lipinski definition) is 4. The van der Waals surface area contributed by atoms with Gasteiger partial charge in [-0.05, 0) is 48.4 Å². The summed E-state index contributed by atoms with van der Waals surface area (Å²) >= 11 is 0. The van der Waals surface area contributed by atoms with Crippen molar-refractivity contribution in [1.82, 2.24) is 0 Å². The maximum Gasteiger partial charge on any atom is 0.338 e. The lowest BCUT2D eigenvalue weighted by Crippen LogP contribution is -2.48. The lowest BCUT2D eigenvalue weighted by Gasteiger charge is -2.41. The molecule has 4 nitrogen and oxygen atoms in total. The summed E-state index contributed by atoms with van der Waals surface area (Å²) in [6.07, 6.45) is 0.563. The van der Waals surface area contributed by atoms with Gasteiger partial charge in [0.05, 0.1) is 24.9 Å². The van der Waals surface area contributed by atoms with E-state index in [1.54, 1.807) is 12.1 Å². The summed E-state index contributed by atoms with van der Waals surface area (Å²) in [4.78, 5) is 12.2. The van der Waals surface area contributed by atoms with Crippen molar-refractivity contribution in [3.05, 3.63) is 35.9 Å². The monoisotopic (exact) mass is 438 g/mol. The molecule has 1 aromatic carbocycles. The van der Waals surface area contributed by atoms with Gasteiger partial charge in [0.25, 0.3) is 0 Å². The largest absolute Gasteiger partial charge is 0.462 e. The third-order valence-corrected chi connectivity index (χ3v) is 15.4. The van der Waals surface area contributed by atoms with Gasteiger partial charge < -0.3 is 13.6 Å². The molecule has 0 radical (unpaired) electrons. The van der Waals surface area contributed by atoms with Crippen LogP contribution in [0.4, 0.5) is 0 Å². The van der Waals surface area contributed by atoms with E-state index in [9.17, 15) is 4.79 Å². The molecule has 1 atom stereocenters. The van der Waals surface area contributed by atoms with Gasteiger partial charge in [0.2, 0.25) is 0 Å². The van der Waals surface area contributed by atoms with Crippen LogP contribution >= 0.6 is 0 Å². The van der Waals surface area contributed by atoms with Gasteiger partial charge in [-0.1, -0.05) is 59.7 Å². The zero-order chi connectivity index (χ0) is 22.5. The van der Waals surface area contributed by atoms with E-state index in [1.807, 2.05) is 18.2 Å². The van der Waals surface area contributed by atoms with E-state index in [2.05, 4.69) is 67.7 Å². The highest BCUT2D eigenvalue weighted by molar-refractivity contribution is 6.74. The molecule has 166 valence electrons. The Kier molecular flexibility index (Phi) is 8.90. The van der Waals surface area contributed by atoms with Crippen LogP contribution in [-0.4, -0.2) is 41.9 Å². The Hall–Kier alpha value is -0.956. The first-order valence-corrected chi connectivity index (χ1v) is 16.4. The lowest BCUT2D eigenvalue weighted by molar-refractivity contribution is 0.0379. The van der Waals surface area contributed by atoms with Gasteiger partial charge in [0.15, 0.2) is 16.6 Å². The van der Waals surface area contributed by atoms with Crippen LogP contribution in [0, 0.1) is 0 Å². The van der Waals surface area contributed by atoms with E-state index in [1.165, 1.54) is 0 Å². The molecule has 0 N–H and O–H groups in total. The molecule has 1 aromatic rings. The Bertz CT molecular complexity index is 643. The van der Waals surface area contributed by atoms with Crippen molar-refractivity contribution >= 4 is 22.6 Å². The third-order valence-electron chi connectivity index (χ3n) is 6.39. The van der Waals surface area contributed by atoms with Crippen molar-refractivity contribution < 1.29 is 18.4 Å². The maximum absolute atomic E-state index is 12.2. The van der Waals surface area contributed by atoms with Gasteiger partial charge in [0.1, 0.15) is 0 Å². The molecule has 0 fully saturated rings. The molecule has 0 saturated heterocycles. The number of carbonyl (C=O) groups is 1. The number of benzene rings is 1. The minimum absolute atomic E-state index is 0.0754. The summed E-state index contributed by atoms with van der Waals surface area (Å²) in [7, 11) is -3.83. The van der Waals surface area contributed by atoms with E-state index in [-0.39, 0.29) is 22.1 Å². The lowest BCUT2D eigenvalue weighted by atomic mass is 10.2. The second kappa shape index (κ2) is 9.90. The van der Waals surface area contributed by atoms with E-state index >= 15 is 0 Å². The summed E-state index contributed by atoms with van der Waals surface area (Å²) in [5, 5.41) is 0.261. The Balaban J connectivity index is 2.78. The molecule has 0 aliphatic rings. The van der Waals surface area contributed by atoms with Crippen molar-refractivity contribution in [3.63, 3.8) is 0 Å². The smallest absolute Gasteiger partial charge is 0.338 e. The van der Waals surface area contributed by atoms with Crippen molar-refractivity contribution in [3.8, 4) is 0 Å². The summed E-state index contributed by atoms with van der Waals surface area (Å²) in [6.45, 7) is 23.3. The predicted octanol–water partition coefficient (Wildman–Crippen LogP) is 6.65. The highest BCUT2D eigenvalue weighted by Crippen LogP contribution is 2.39. The Labute approximate surface area is 180 Å². The first-order chi connectivity index (χ1) is 13.1. The minimum Gasteiger partial charge on any atom is -0.462 e. The van der Waals surface area contributed by atoms with Gasteiger partial charge in [-0.2, -0.15) is 0 Å². The summed E-state index contributed by atoms with van der Waals surface area (Å²) < 4.78 is 18.6. The summed E-state index contributed by atoms with van der Waals surface area (Å²) in [6, 6.07) is 9.11. The number of carbonyl (C=O) groups excluding carboxylic acids is 1. The van der Waals surface area contributed by atoms with Crippen LogP contribution in [-0.2, 0) is 13.6 Å². The van der Waals surface area contributed by atoms with E-state index in [0.29, 0.717) is 25.2 Å². The van der Waals surface area contributed by atoms with Crippen LogP contribution < -0.4 is 0 Å². The normalized spacial score (nSPS) is 14.6. The molecule has 0 aliphatic heterocycles. The van der Waals surface area contributed by atoms with Crippen molar-refractivity contribution in [1.29, 1.82) is 0 Å². The molecule has 29 heavy (non-hydrogen) atoms. The SMILES string of the molecule is CC(C)(C)[Si](C)(C)OC[C@H](CCOC(=O)c1ccccc1)O[Si](C)(C)C(C)(C)C. The first-order valence-electron chi connectivity index (χ1n) is 10.6. The highest BCUT2D eigenvalue weighted by atomic mass is 28.4. The van der Waals surface area contributed by atoms with E-state index in [0.717, 1.165) is 0 Å². The second-order valence-corrected chi connectivity index (χ2v) is 20.4. The maximum atomic E-state index is 12.2. The molecule has 0 saturated carbocycles. The zero-order valence-electron chi connectivity index (χ0n) is 20.2. The molecule has 0 bridgehead atoms. The minimum atomic E-state index is -1.96. The Morgan fingerprint density at radius 1 is 0.897 bits per heavy atom. The summed E-state index contributed by atoms with van der Waals surface area (Å²) in [5.74, 6) is -0.290. The molecule has 0 spiro atoms. The number of rotatable bonds is 9. The van der Waals surface area contributed by atoms with Crippen LogP contribution in [0.2, 0.25) is 36.3 Å². The average molecular weight is 439 g/mol. The molecule has 0 aliphatic carbocycles. The fraction of sp³-hybridized carbons (Fsp3) is 0.696. The Morgan fingerprint density at radius 3 is 1.90 bits per heavy atom. The predicted molar refractivity (Wildman–Crippen MR) is 127 cm³/mol. The topological polar surface area (TPSA) is 44.8 Å². The Morgan fingerprint density at radius 2 is 1.41 bits per heavy atom. The van der Waals surface area contributed by atoms with Gasteiger partial charge in [-0.25, -0.2) is 4.79 Å². The van der Waals surface area contributed by atoms with Crippen LogP contribution in [0.1, 0.15) is 58.3 Å². The van der Waals surface area contributed by atoms with Gasteiger partial charge in [-0.15, -0.1) is 0 Å². The fourth-order valence-corrected chi connectivity index (χ4v) is 4.64. The number of hydrogen-bond donors (Lipinski definition) is 0. The molecular formula is C23H42O4Si2. The van der Waals surface area contributed by atoms with Crippen LogP contribution in [0.25, 0.3) is 0 Å². The molecule has 0 unspecified atom stereocenters. The fourth-order valence-electron chi connectivity index (χ4n) is 2.23. The molecule has 6 heteroatoms. The number of esters is 1. The molecule has 1 rings (SSSR count). The second-order valence-electron chi connectivity index (χ2n) is 10.9. The first kappa shape index (κ1) is 26.1. The molecule has 0 heterocycles. The standard InChI is InChI=1S/C23H42O4Si2/c1-22(2,3)28(7,8)26-18-20(27-29(9,10)23(4,5)6)16-17-25-21(24)19-14-12-11-13-15-19/h11-15,20H,16-18H2,1-10H3/t20-/m0/s1. The van der Waals surface area contributed by atoms with Crippen molar-refractivity contribution in [2.75, 3.05) is 13.2 Å². The van der Waals surface area contributed by atoms with Crippen LogP contribution in [0.3, 0.4) is 0 Å². The van der Waals surface area contributed by atoms with Crippen LogP contribution in [0.15, 0.2) is 30.3 Å². The number of ether oxygens (including phenoxy) is 1. The molecular weight excluding hydrogens is 396 g/mol. The van der Waals surface area contributed by atoms with Gasteiger partial charge in [0, 0.05) is 6.42 Å². The zero-order valence-corrected chi connectivity index (χ0v) is 22.2. The molecule has 0 amide bonds. The summed E-state index contributed by atoms with van der Waals surface area (Å²) in [5.41, 5.74) is 0.576. The van der Waals surface area contributed by atoms with Gasteiger partial charge >= 0.3 is 5.97 Å². The quantitative estimate of drug-likeness (QED) is 0.320. The molecule has 0 aromatic heterocycles. The van der Waals surface area contributed by atoms with Crippen molar-refractivity contribution in [2.24, 2.45) is 0 Å². The van der Waals surface area contributed by atoms with Crippen LogP contribution in [0.5, 0.6) is 0 Å². The van der Waals surface area contributed by atoms with E-state index < -0.39 is 16.6 Å². The van der Waals surface area contributed by atoms with E-state index in [4.69, 9.17) is 13.6 Å². The van der Waals surface area contributed by atoms with Crippen molar-refractivity contribution in [2.45, 2.75) is 90.3 Å². The average Bonchev–Trinajstić information content (AvgIpc) is 2.58.